The van der Waals surface area contributed by atoms with E-state index in [1.807, 2.05) is 0 Å². The molecule has 4 rings (SSSR count). The molecule has 6 nitrogen and oxygen atoms in total. The highest BCUT2D eigenvalue weighted by atomic mass is 35.5. The Morgan fingerprint density at radius 3 is 2.64 bits per heavy atom. The number of carbonyl (C=O) groups is 1. The molecule has 0 radical (unpaired) electrons. The van der Waals surface area contributed by atoms with Gasteiger partial charge in [-0.3, -0.25) is 4.79 Å². The maximum atomic E-state index is 14.9. The van der Waals surface area contributed by atoms with Crippen LogP contribution >= 0.6 is 11.6 Å². The van der Waals surface area contributed by atoms with Gasteiger partial charge in [-0.05, 0) is 42.8 Å². The van der Waals surface area contributed by atoms with E-state index in [0.29, 0.717) is 23.7 Å². The van der Waals surface area contributed by atoms with Crippen LogP contribution in [-0.2, 0) is 29.9 Å². The average Bonchev–Trinajstić information content (AvgIpc) is 2.82. The second-order valence-electron chi connectivity index (χ2n) is 8.08. The molecule has 0 fully saturated rings. The monoisotopic (exact) mass is 527 g/mol. The largest absolute Gasteiger partial charge is 0.437 e. The fraction of sp³-hybridized carbons (Fsp3) is 0.292. The summed E-state index contributed by atoms with van der Waals surface area (Å²) in [5.41, 5.74) is -0.610. The molecule has 0 saturated heterocycles. The third-order valence-corrected chi connectivity index (χ3v) is 5.75. The molecule has 0 spiro atoms. The predicted octanol–water partition coefficient (Wildman–Crippen LogP) is 5.84. The number of halogens is 6. The van der Waals surface area contributed by atoms with E-state index in [2.05, 4.69) is 15.5 Å². The summed E-state index contributed by atoms with van der Waals surface area (Å²) in [6.07, 6.45) is -4.31. The van der Waals surface area contributed by atoms with Gasteiger partial charge in [0.25, 0.3) is 17.7 Å². The van der Waals surface area contributed by atoms with Crippen LogP contribution in [0.4, 0.5) is 22.0 Å². The van der Waals surface area contributed by atoms with Crippen molar-refractivity contribution in [1.82, 2.24) is 15.5 Å². The van der Waals surface area contributed by atoms with Gasteiger partial charge in [0.2, 0.25) is 0 Å². The van der Waals surface area contributed by atoms with Gasteiger partial charge in [0.05, 0.1) is 31.0 Å². The van der Waals surface area contributed by atoms with Crippen LogP contribution in [0.15, 0.2) is 42.5 Å². The van der Waals surface area contributed by atoms with Crippen molar-refractivity contribution < 1.29 is 36.2 Å². The Labute approximate surface area is 207 Å². The average molecular weight is 528 g/mol. The van der Waals surface area contributed by atoms with Crippen LogP contribution in [0.5, 0.6) is 11.6 Å². The third-order valence-electron chi connectivity index (χ3n) is 5.51. The van der Waals surface area contributed by atoms with Crippen LogP contribution in [0.3, 0.4) is 0 Å². The molecule has 1 amide bonds. The Morgan fingerprint density at radius 1 is 1.14 bits per heavy atom. The Balaban J connectivity index is 1.64. The number of rotatable bonds is 6. The quantitative estimate of drug-likeness (QED) is 0.408. The van der Waals surface area contributed by atoms with E-state index < -0.39 is 36.0 Å². The molecule has 190 valence electrons. The Kier molecular flexibility index (Phi) is 7.14. The molecule has 1 N–H and O–H groups in total. The van der Waals surface area contributed by atoms with Crippen molar-refractivity contribution >= 4 is 17.5 Å². The number of hydrogen-bond donors (Lipinski definition) is 1. The lowest BCUT2D eigenvalue weighted by Crippen LogP contribution is -2.36. The van der Waals surface area contributed by atoms with Gasteiger partial charge >= 0.3 is 6.18 Å². The first kappa shape index (κ1) is 25.8. The second kappa shape index (κ2) is 9.98. The number of fused-ring (bicyclic) bond motifs is 1. The second-order valence-corrected chi connectivity index (χ2v) is 8.52. The van der Waals surface area contributed by atoms with Crippen LogP contribution in [0, 0.1) is 6.92 Å². The fourth-order valence-electron chi connectivity index (χ4n) is 3.75. The van der Waals surface area contributed by atoms with Gasteiger partial charge in [0.15, 0.2) is 0 Å². The van der Waals surface area contributed by atoms with Crippen molar-refractivity contribution in [2.45, 2.75) is 32.1 Å². The zero-order chi connectivity index (χ0) is 26.1. The SMILES string of the molecule is Cc1cc(Cl)ccc1C(F)(F)CNC(=O)c1c(Oc2cccc(C(F)(F)F)c2)nnc2c1COCC2. The molecule has 0 aliphatic carbocycles. The first-order valence-electron chi connectivity index (χ1n) is 10.7. The molecule has 12 heteroatoms. The number of nitrogens with zero attached hydrogens (tertiary/aromatic N) is 2. The number of ether oxygens (including phenoxy) is 2. The summed E-state index contributed by atoms with van der Waals surface area (Å²) in [5.74, 6) is -5.09. The highest BCUT2D eigenvalue weighted by molar-refractivity contribution is 6.30. The van der Waals surface area contributed by atoms with Crippen molar-refractivity contribution in [3.63, 3.8) is 0 Å². The summed E-state index contributed by atoms with van der Waals surface area (Å²) in [6.45, 7) is 0.650. The van der Waals surface area contributed by atoms with Gasteiger partial charge in [-0.2, -0.15) is 27.1 Å². The number of aryl methyl sites for hydroxylation is 1. The van der Waals surface area contributed by atoms with Crippen molar-refractivity contribution in [2.75, 3.05) is 13.2 Å². The lowest BCUT2D eigenvalue weighted by molar-refractivity contribution is -0.137. The normalized spacial score (nSPS) is 13.8. The topological polar surface area (TPSA) is 73.3 Å². The number of hydrogen-bond acceptors (Lipinski definition) is 5. The number of amides is 1. The lowest BCUT2D eigenvalue weighted by Gasteiger charge is -2.22. The number of carbonyl (C=O) groups excluding carboxylic acids is 1. The summed E-state index contributed by atoms with van der Waals surface area (Å²) in [7, 11) is 0. The van der Waals surface area contributed by atoms with Gasteiger partial charge in [0.1, 0.15) is 11.3 Å². The van der Waals surface area contributed by atoms with Crippen molar-refractivity contribution in [3.05, 3.63) is 81.0 Å². The Bertz CT molecular complexity index is 1300. The van der Waals surface area contributed by atoms with Crippen LogP contribution in [0.2, 0.25) is 5.02 Å². The van der Waals surface area contributed by atoms with E-state index in [1.165, 1.54) is 31.2 Å². The third kappa shape index (κ3) is 5.57. The minimum atomic E-state index is -4.62. The highest BCUT2D eigenvalue weighted by Crippen LogP contribution is 2.35. The molecule has 0 unspecified atom stereocenters. The van der Waals surface area contributed by atoms with E-state index in [4.69, 9.17) is 21.1 Å². The number of benzene rings is 2. The van der Waals surface area contributed by atoms with E-state index >= 15 is 0 Å². The molecular weight excluding hydrogens is 509 g/mol. The van der Waals surface area contributed by atoms with Gasteiger partial charge in [0, 0.05) is 22.6 Å². The molecule has 2 aromatic carbocycles. The highest BCUT2D eigenvalue weighted by Gasteiger charge is 2.35. The van der Waals surface area contributed by atoms with Crippen LogP contribution in [0.1, 0.15) is 38.3 Å². The smallest absolute Gasteiger partial charge is 0.416 e. The summed E-state index contributed by atoms with van der Waals surface area (Å²) >= 11 is 5.84. The predicted molar refractivity (Wildman–Crippen MR) is 119 cm³/mol. The molecule has 0 atom stereocenters. The van der Waals surface area contributed by atoms with Gasteiger partial charge < -0.3 is 14.8 Å². The molecule has 0 saturated carbocycles. The van der Waals surface area contributed by atoms with Crippen LogP contribution < -0.4 is 10.1 Å². The Morgan fingerprint density at radius 2 is 1.92 bits per heavy atom. The number of alkyl halides is 5. The van der Waals surface area contributed by atoms with Gasteiger partial charge in [-0.15, -0.1) is 5.10 Å². The van der Waals surface area contributed by atoms with E-state index in [-0.39, 0.29) is 34.6 Å². The molecule has 0 bridgehead atoms. The molecule has 3 aromatic rings. The maximum Gasteiger partial charge on any atom is 0.416 e. The minimum Gasteiger partial charge on any atom is -0.437 e. The van der Waals surface area contributed by atoms with Gasteiger partial charge in [-0.1, -0.05) is 23.7 Å². The number of aromatic nitrogens is 2. The molecule has 1 aromatic heterocycles. The van der Waals surface area contributed by atoms with Crippen molar-refractivity contribution in [1.29, 1.82) is 0 Å². The molecule has 1 aliphatic heterocycles. The minimum absolute atomic E-state index is 0.0702. The lowest BCUT2D eigenvalue weighted by atomic mass is 10.0. The molecule has 1 aliphatic rings. The Hall–Kier alpha value is -3.31. The van der Waals surface area contributed by atoms with Crippen molar-refractivity contribution in [2.24, 2.45) is 0 Å². The molecule has 2 heterocycles. The first-order valence-corrected chi connectivity index (χ1v) is 11.1. The molecular formula is C24H19ClF5N3O3. The zero-order valence-corrected chi connectivity index (χ0v) is 19.5. The maximum absolute atomic E-state index is 14.9. The first-order chi connectivity index (χ1) is 17.0. The van der Waals surface area contributed by atoms with E-state index in [0.717, 1.165) is 18.2 Å². The van der Waals surface area contributed by atoms with E-state index in [9.17, 15) is 26.7 Å². The van der Waals surface area contributed by atoms with Crippen LogP contribution in [0.25, 0.3) is 0 Å². The molecule has 36 heavy (non-hydrogen) atoms. The number of nitrogens with one attached hydrogen (secondary N) is 1. The van der Waals surface area contributed by atoms with Crippen LogP contribution in [-0.4, -0.2) is 29.3 Å². The zero-order valence-electron chi connectivity index (χ0n) is 18.8. The standard InChI is InChI=1S/C24H19ClF5N3O3/c1-13-9-15(25)5-6-18(13)23(26,27)12-31-21(34)20-17-11-35-8-7-19(17)32-33-22(20)36-16-4-2-3-14(10-16)24(28,29)30/h2-6,9-10H,7-8,11-12H2,1H3,(H,31,34). The summed E-state index contributed by atoms with van der Waals surface area (Å²) in [4.78, 5) is 13.1. The van der Waals surface area contributed by atoms with Crippen molar-refractivity contribution in [3.8, 4) is 11.6 Å². The summed E-state index contributed by atoms with van der Waals surface area (Å²) in [6, 6.07) is 7.84. The summed E-state index contributed by atoms with van der Waals surface area (Å²) < 4.78 is 80.0. The van der Waals surface area contributed by atoms with Gasteiger partial charge in [-0.25, -0.2) is 0 Å². The van der Waals surface area contributed by atoms with E-state index in [1.54, 1.807) is 0 Å². The summed E-state index contributed by atoms with van der Waals surface area (Å²) in [5, 5.41) is 10.3. The fourth-order valence-corrected chi connectivity index (χ4v) is 3.98.